The monoisotopic (exact) mass is 285 g/mol. The summed E-state index contributed by atoms with van der Waals surface area (Å²) in [5, 5.41) is 8.88. The Balaban J connectivity index is 1.44. The van der Waals surface area contributed by atoms with Gasteiger partial charge in [-0.05, 0) is 37.6 Å². The van der Waals surface area contributed by atoms with Gasteiger partial charge in [0, 0.05) is 32.2 Å². The molecule has 0 bridgehead atoms. The molecule has 2 heterocycles. The van der Waals surface area contributed by atoms with Crippen LogP contribution in [-0.2, 0) is 0 Å². The van der Waals surface area contributed by atoms with Gasteiger partial charge in [0.25, 0.3) is 0 Å². The van der Waals surface area contributed by atoms with Crippen molar-refractivity contribution in [2.24, 2.45) is 0 Å². The van der Waals surface area contributed by atoms with Crippen molar-refractivity contribution in [3.8, 4) is 11.8 Å². The van der Waals surface area contributed by atoms with Crippen molar-refractivity contribution in [1.29, 1.82) is 5.26 Å². The Kier molecular flexibility index (Phi) is 4.74. The van der Waals surface area contributed by atoms with Crippen molar-refractivity contribution >= 4 is 0 Å². The van der Waals surface area contributed by atoms with E-state index in [2.05, 4.69) is 15.9 Å². The summed E-state index contributed by atoms with van der Waals surface area (Å²) < 4.78 is 5.78. The number of ether oxygens (including phenoxy) is 1. The van der Waals surface area contributed by atoms with Crippen molar-refractivity contribution in [1.82, 2.24) is 9.80 Å². The first-order valence-electron chi connectivity index (χ1n) is 7.94. The maximum absolute atomic E-state index is 8.88. The minimum Gasteiger partial charge on any atom is -0.492 e. The first kappa shape index (κ1) is 14.4. The second-order valence-corrected chi connectivity index (χ2v) is 5.97. The lowest BCUT2D eigenvalue weighted by Crippen LogP contribution is -2.55. The molecule has 2 fully saturated rings. The van der Waals surface area contributed by atoms with Crippen molar-refractivity contribution in [3.63, 3.8) is 0 Å². The van der Waals surface area contributed by atoms with Crippen LogP contribution in [0, 0.1) is 11.3 Å². The van der Waals surface area contributed by atoms with Crippen molar-refractivity contribution in [3.05, 3.63) is 29.8 Å². The average Bonchev–Trinajstić information content (AvgIpc) is 2.55. The highest BCUT2D eigenvalue weighted by Crippen LogP contribution is 2.21. The molecule has 1 atom stereocenters. The number of piperazine rings is 1. The standard InChI is InChI=1S/C17H23N3O/c18-13-15-4-3-6-17(12-15)21-11-10-19-8-9-20-7-2-1-5-16(20)14-19/h3-4,6,12,16H,1-2,5,7-11,14H2. The lowest BCUT2D eigenvalue weighted by molar-refractivity contribution is 0.0432. The fourth-order valence-corrected chi connectivity index (χ4v) is 3.37. The topological polar surface area (TPSA) is 39.5 Å². The highest BCUT2D eigenvalue weighted by Gasteiger charge is 2.28. The molecule has 1 unspecified atom stereocenters. The molecule has 0 saturated carbocycles. The van der Waals surface area contributed by atoms with Gasteiger partial charge in [0.1, 0.15) is 12.4 Å². The molecule has 2 aliphatic heterocycles. The zero-order valence-corrected chi connectivity index (χ0v) is 12.5. The quantitative estimate of drug-likeness (QED) is 0.849. The summed E-state index contributed by atoms with van der Waals surface area (Å²) in [6.07, 6.45) is 4.10. The summed E-state index contributed by atoms with van der Waals surface area (Å²) in [4.78, 5) is 5.16. The SMILES string of the molecule is N#Cc1cccc(OCCN2CCN3CCCCC3C2)c1. The molecule has 0 amide bonds. The number of fused-ring (bicyclic) bond motifs is 1. The molecule has 0 spiro atoms. The van der Waals surface area contributed by atoms with Gasteiger partial charge in [-0.25, -0.2) is 0 Å². The summed E-state index contributed by atoms with van der Waals surface area (Å²) >= 11 is 0. The van der Waals surface area contributed by atoms with Crippen LogP contribution in [0.3, 0.4) is 0 Å². The molecule has 0 radical (unpaired) electrons. The predicted octanol–water partition coefficient (Wildman–Crippen LogP) is 2.11. The smallest absolute Gasteiger partial charge is 0.120 e. The summed E-state index contributed by atoms with van der Waals surface area (Å²) in [6, 6.07) is 10.3. The first-order chi connectivity index (χ1) is 10.3. The predicted molar refractivity (Wildman–Crippen MR) is 82.3 cm³/mol. The van der Waals surface area contributed by atoms with Gasteiger partial charge in [-0.15, -0.1) is 0 Å². The van der Waals surface area contributed by atoms with E-state index in [0.29, 0.717) is 12.2 Å². The Bertz CT molecular complexity index is 511. The molecule has 0 aromatic heterocycles. The van der Waals surface area contributed by atoms with Gasteiger partial charge < -0.3 is 4.74 Å². The molecule has 2 saturated heterocycles. The van der Waals surface area contributed by atoms with E-state index in [-0.39, 0.29) is 0 Å². The number of hydrogen-bond acceptors (Lipinski definition) is 4. The van der Waals surface area contributed by atoms with Crippen LogP contribution in [0.4, 0.5) is 0 Å². The van der Waals surface area contributed by atoms with Crippen molar-refractivity contribution in [2.75, 3.05) is 39.3 Å². The van der Waals surface area contributed by atoms with Gasteiger partial charge in [-0.2, -0.15) is 5.26 Å². The number of rotatable bonds is 4. The third-order valence-electron chi connectivity index (χ3n) is 4.56. The molecule has 1 aromatic carbocycles. The third kappa shape index (κ3) is 3.75. The molecule has 112 valence electrons. The molecule has 2 aliphatic rings. The van der Waals surface area contributed by atoms with Crippen LogP contribution >= 0.6 is 0 Å². The van der Waals surface area contributed by atoms with Crippen LogP contribution in [0.15, 0.2) is 24.3 Å². The average molecular weight is 285 g/mol. The highest BCUT2D eigenvalue weighted by molar-refractivity contribution is 5.36. The maximum atomic E-state index is 8.88. The van der Waals surface area contributed by atoms with Crippen LogP contribution in [0.1, 0.15) is 24.8 Å². The van der Waals surface area contributed by atoms with Crippen LogP contribution in [0.2, 0.25) is 0 Å². The largest absolute Gasteiger partial charge is 0.492 e. The van der Waals surface area contributed by atoms with E-state index < -0.39 is 0 Å². The zero-order valence-electron chi connectivity index (χ0n) is 12.5. The van der Waals surface area contributed by atoms with E-state index in [0.717, 1.165) is 24.9 Å². The molecule has 3 rings (SSSR count). The zero-order chi connectivity index (χ0) is 14.5. The maximum Gasteiger partial charge on any atom is 0.120 e. The fraction of sp³-hybridized carbons (Fsp3) is 0.588. The fourth-order valence-electron chi connectivity index (χ4n) is 3.37. The van der Waals surface area contributed by atoms with Crippen molar-refractivity contribution < 1.29 is 4.74 Å². The molecule has 4 heteroatoms. The number of benzene rings is 1. The first-order valence-corrected chi connectivity index (χ1v) is 7.94. The number of nitriles is 1. The second kappa shape index (κ2) is 6.93. The van der Waals surface area contributed by atoms with Crippen molar-refractivity contribution in [2.45, 2.75) is 25.3 Å². The van der Waals surface area contributed by atoms with Crippen LogP contribution < -0.4 is 4.74 Å². The number of piperidine rings is 1. The highest BCUT2D eigenvalue weighted by atomic mass is 16.5. The van der Waals surface area contributed by atoms with Gasteiger partial charge in [0.2, 0.25) is 0 Å². The lowest BCUT2D eigenvalue weighted by atomic mass is 9.99. The molecule has 0 aliphatic carbocycles. The molecule has 4 nitrogen and oxygen atoms in total. The molecule has 1 aromatic rings. The Morgan fingerprint density at radius 1 is 1.24 bits per heavy atom. The van der Waals surface area contributed by atoms with E-state index in [1.165, 1.54) is 38.9 Å². The summed E-state index contributed by atoms with van der Waals surface area (Å²) in [5.41, 5.74) is 0.656. The van der Waals surface area contributed by atoms with Crippen LogP contribution in [0.5, 0.6) is 5.75 Å². The van der Waals surface area contributed by atoms with E-state index in [9.17, 15) is 0 Å². The van der Waals surface area contributed by atoms with Gasteiger partial charge in [0.05, 0.1) is 11.6 Å². The molecule has 21 heavy (non-hydrogen) atoms. The Morgan fingerprint density at radius 2 is 2.19 bits per heavy atom. The minimum atomic E-state index is 0.656. The van der Waals surface area contributed by atoms with Gasteiger partial charge >= 0.3 is 0 Å². The minimum absolute atomic E-state index is 0.656. The summed E-state index contributed by atoms with van der Waals surface area (Å²) in [5.74, 6) is 0.797. The van der Waals surface area contributed by atoms with Crippen LogP contribution in [-0.4, -0.2) is 55.2 Å². The normalized spacial score (nSPS) is 23.3. The third-order valence-corrected chi connectivity index (χ3v) is 4.56. The Labute approximate surface area is 126 Å². The molecule has 0 N–H and O–H groups in total. The summed E-state index contributed by atoms with van der Waals surface area (Å²) in [7, 11) is 0. The van der Waals surface area contributed by atoms with Gasteiger partial charge in [-0.1, -0.05) is 12.5 Å². The number of nitrogens with zero attached hydrogens (tertiary/aromatic N) is 3. The Hall–Kier alpha value is -1.57. The lowest BCUT2D eigenvalue weighted by Gasteiger charge is -2.44. The molecular weight excluding hydrogens is 262 g/mol. The van der Waals surface area contributed by atoms with E-state index in [4.69, 9.17) is 10.00 Å². The van der Waals surface area contributed by atoms with E-state index >= 15 is 0 Å². The summed E-state index contributed by atoms with van der Waals surface area (Å²) in [6.45, 7) is 6.49. The van der Waals surface area contributed by atoms with Gasteiger partial charge in [-0.3, -0.25) is 9.80 Å². The second-order valence-electron chi connectivity index (χ2n) is 5.97. The van der Waals surface area contributed by atoms with E-state index in [1.54, 1.807) is 12.1 Å². The molecular formula is C17H23N3O. The van der Waals surface area contributed by atoms with Gasteiger partial charge in [0.15, 0.2) is 0 Å². The van der Waals surface area contributed by atoms with E-state index in [1.807, 2.05) is 12.1 Å². The number of hydrogen-bond donors (Lipinski definition) is 0. The van der Waals surface area contributed by atoms with Crippen LogP contribution in [0.25, 0.3) is 0 Å². The Morgan fingerprint density at radius 3 is 3.10 bits per heavy atom.